The lowest BCUT2D eigenvalue weighted by atomic mass is 9.85. The summed E-state index contributed by atoms with van der Waals surface area (Å²) in [5.74, 6) is 0. The SMILES string of the molecule is CCCCCCCCc1ccsc1B(O)O. The molecule has 0 aliphatic rings. The van der Waals surface area contributed by atoms with Gasteiger partial charge in [0.05, 0.1) is 0 Å². The molecule has 2 nitrogen and oxygen atoms in total. The molecule has 1 rings (SSSR count). The van der Waals surface area contributed by atoms with Crippen molar-refractivity contribution in [3.63, 3.8) is 0 Å². The minimum atomic E-state index is -1.30. The Morgan fingerprint density at radius 3 is 2.50 bits per heavy atom. The molecule has 0 saturated heterocycles. The van der Waals surface area contributed by atoms with E-state index in [9.17, 15) is 0 Å². The van der Waals surface area contributed by atoms with Gasteiger partial charge in [0.15, 0.2) is 0 Å². The number of hydrogen-bond donors (Lipinski definition) is 2. The highest BCUT2D eigenvalue weighted by molar-refractivity contribution is 7.20. The highest BCUT2D eigenvalue weighted by atomic mass is 32.1. The summed E-state index contributed by atoms with van der Waals surface area (Å²) in [6, 6.07) is 2.01. The molecule has 0 fully saturated rings. The van der Waals surface area contributed by atoms with E-state index in [2.05, 4.69) is 6.92 Å². The van der Waals surface area contributed by atoms with Crippen LogP contribution < -0.4 is 4.78 Å². The van der Waals surface area contributed by atoms with Crippen molar-refractivity contribution in [1.82, 2.24) is 0 Å². The molecule has 0 aliphatic heterocycles. The van der Waals surface area contributed by atoms with E-state index in [1.54, 1.807) is 0 Å². The van der Waals surface area contributed by atoms with Gasteiger partial charge in [-0.3, -0.25) is 0 Å². The Bertz CT molecular complexity index is 286. The minimum absolute atomic E-state index is 0.716. The van der Waals surface area contributed by atoms with Gasteiger partial charge in [-0.25, -0.2) is 0 Å². The topological polar surface area (TPSA) is 40.5 Å². The molecule has 0 radical (unpaired) electrons. The lowest BCUT2D eigenvalue weighted by molar-refractivity contribution is 0.426. The van der Waals surface area contributed by atoms with Crippen molar-refractivity contribution in [3.05, 3.63) is 17.0 Å². The van der Waals surface area contributed by atoms with Crippen LogP contribution in [0.3, 0.4) is 0 Å². The van der Waals surface area contributed by atoms with Gasteiger partial charge in [0.1, 0.15) is 0 Å². The minimum Gasteiger partial charge on any atom is -0.423 e. The first kappa shape index (κ1) is 13.7. The number of hydrogen-bond acceptors (Lipinski definition) is 3. The van der Waals surface area contributed by atoms with E-state index in [0.29, 0.717) is 4.78 Å². The lowest BCUT2D eigenvalue weighted by Crippen LogP contribution is -2.29. The average Bonchev–Trinajstić information content (AvgIpc) is 2.71. The predicted octanol–water partition coefficient (Wildman–Crippen LogP) is 2.33. The monoisotopic (exact) mass is 240 g/mol. The zero-order chi connectivity index (χ0) is 11.8. The third-order valence-corrected chi connectivity index (χ3v) is 3.81. The van der Waals surface area contributed by atoms with E-state index >= 15 is 0 Å². The van der Waals surface area contributed by atoms with Crippen LogP contribution in [-0.2, 0) is 6.42 Å². The first-order valence-electron chi connectivity index (χ1n) is 6.18. The fraction of sp³-hybridized carbons (Fsp3) is 0.667. The zero-order valence-electron chi connectivity index (χ0n) is 9.98. The molecule has 0 amide bonds. The molecule has 0 aromatic carbocycles. The Balaban J connectivity index is 2.19. The molecule has 1 aromatic rings. The summed E-state index contributed by atoms with van der Waals surface area (Å²) in [6.45, 7) is 2.22. The second kappa shape index (κ2) is 7.88. The number of rotatable bonds is 8. The zero-order valence-corrected chi connectivity index (χ0v) is 10.8. The van der Waals surface area contributed by atoms with Gasteiger partial charge in [0.2, 0.25) is 0 Å². The Labute approximate surface area is 102 Å². The van der Waals surface area contributed by atoms with E-state index in [4.69, 9.17) is 10.0 Å². The molecule has 0 spiro atoms. The van der Waals surface area contributed by atoms with Gasteiger partial charge in [-0.2, -0.15) is 11.3 Å². The summed E-state index contributed by atoms with van der Waals surface area (Å²) in [4.78, 5) is 0. The molecule has 90 valence electrons. The van der Waals surface area contributed by atoms with Crippen LogP contribution in [0, 0.1) is 0 Å². The Kier molecular flexibility index (Phi) is 6.77. The van der Waals surface area contributed by atoms with Gasteiger partial charge in [0, 0.05) is 4.78 Å². The summed E-state index contributed by atoms with van der Waals surface area (Å²) in [5.41, 5.74) is 1.11. The first-order chi connectivity index (χ1) is 7.75. The van der Waals surface area contributed by atoms with Crippen LogP contribution in [0.4, 0.5) is 0 Å². The molecular weight excluding hydrogens is 219 g/mol. The highest BCUT2D eigenvalue weighted by Gasteiger charge is 2.16. The molecular formula is C12H21BO2S. The fourth-order valence-electron chi connectivity index (χ4n) is 1.88. The highest BCUT2D eigenvalue weighted by Crippen LogP contribution is 2.11. The van der Waals surface area contributed by atoms with Crippen LogP contribution in [0.5, 0.6) is 0 Å². The molecule has 2 N–H and O–H groups in total. The summed E-state index contributed by atoms with van der Waals surface area (Å²) in [7, 11) is -1.30. The van der Waals surface area contributed by atoms with Crippen LogP contribution in [-0.4, -0.2) is 17.2 Å². The summed E-state index contributed by atoms with van der Waals surface area (Å²) in [6.07, 6.45) is 8.62. The lowest BCUT2D eigenvalue weighted by Gasteiger charge is -2.03. The van der Waals surface area contributed by atoms with E-state index in [1.165, 1.54) is 43.4 Å². The Morgan fingerprint density at radius 2 is 1.81 bits per heavy atom. The van der Waals surface area contributed by atoms with E-state index < -0.39 is 7.12 Å². The second-order valence-electron chi connectivity index (χ2n) is 4.20. The fourth-order valence-corrected chi connectivity index (χ4v) is 2.70. The van der Waals surface area contributed by atoms with Gasteiger partial charge in [-0.05, 0) is 29.9 Å². The van der Waals surface area contributed by atoms with Crippen molar-refractivity contribution in [2.75, 3.05) is 0 Å². The predicted molar refractivity (Wildman–Crippen MR) is 71.2 cm³/mol. The van der Waals surface area contributed by atoms with Gasteiger partial charge >= 0.3 is 7.12 Å². The van der Waals surface area contributed by atoms with Crippen LogP contribution >= 0.6 is 11.3 Å². The van der Waals surface area contributed by atoms with Gasteiger partial charge in [0.25, 0.3) is 0 Å². The van der Waals surface area contributed by atoms with Gasteiger partial charge < -0.3 is 10.0 Å². The Morgan fingerprint density at radius 1 is 1.12 bits per heavy atom. The van der Waals surface area contributed by atoms with Crippen LogP contribution in [0.1, 0.15) is 51.0 Å². The first-order valence-corrected chi connectivity index (χ1v) is 7.06. The van der Waals surface area contributed by atoms with Crippen LogP contribution in [0.15, 0.2) is 11.4 Å². The van der Waals surface area contributed by atoms with Gasteiger partial charge in [-0.1, -0.05) is 39.0 Å². The summed E-state index contributed by atoms with van der Waals surface area (Å²) in [5, 5.41) is 20.2. The molecule has 0 saturated carbocycles. The molecule has 0 aliphatic carbocycles. The van der Waals surface area contributed by atoms with Crippen molar-refractivity contribution >= 4 is 23.2 Å². The van der Waals surface area contributed by atoms with Crippen molar-refractivity contribution in [1.29, 1.82) is 0 Å². The molecule has 0 atom stereocenters. The third-order valence-electron chi connectivity index (χ3n) is 2.81. The third kappa shape index (κ3) is 4.68. The van der Waals surface area contributed by atoms with Gasteiger partial charge in [-0.15, -0.1) is 0 Å². The number of unbranched alkanes of at least 4 members (excludes halogenated alkanes) is 5. The van der Waals surface area contributed by atoms with E-state index in [1.807, 2.05) is 11.4 Å². The molecule has 4 heteroatoms. The van der Waals surface area contributed by atoms with Crippen molar-refractivity contribution in [2.24, 2.45) is 0 Å². The molecule has 0 unspecified atom stereocenters. The maximum absolute atomic E-state index is 9.13. The molecule has 0 bridgehead atoms. The van der Waals surface area contributed by atoms with Crippen molar-refractivity contribution in [2.45, 2.75) is 51.9 Å². The largest absolute Gasteiger partial charge is 0.499 e. The summed E-state index contributed by atoms with van der Waals surface area (Å²) >= 11 is 1.43. The molecule has 1 aromatic heterocycles. The standard InChI is InChI=1S/C12H21BO2S/c1-2-3-4-5-6-7-8-11-9-10-16-12(11)13(14)15/h9-10,14-15H,2-8H2,1H3. The second-order valence-corrected chi connectivity index (χ2v) is 5.15. The summed E-state index contributed by atoms with van der Waals surface area (Å²) < 4.78 is 0.716. The van der Waals surface area contributed by atoms with E-state index in [-0.39, 0.29) is 0 Å². The Hall–Kier alpha value is -0.315. The smallest absolute Gasteiger partial charge is 0.423 e. The van der Waals surface area contributed by atoms with Crippen molar-refractivity contribution in [3.8, 4) is 0 Å². The maximum Gasteiger partial charge on any atom is 0.499 e. The van der Waals surface area contributed by atoms with E-state index in [0.717, 1.165) is 18.4 Å². The average molecular weight is 240 g/mol. The van der Waals surface area contributed by atoms with Crippen LogP contribution in [0.2, 0.25) is 0 Å². The number of aryl methyl sites for hydroxylation is 1. The molecule has 16 heavy (non-hydrogen) atoms. The van der Waals surface area contributed by atoms with Crippen molar-refractivity contribution < 1.29 is 10.0 Å². The maximum atomic E-state index is 9.13. The normalized spacial score (nSPS) is 10.7. The molecule has 1 heterocycles. The quantitative estimate of drug-likeness (QED) is 0.540. The van der Waals surface area contributed by atoms with Crippen LogP contribution in [0.25, 0.3) is 0 Å². The number of thiophene rings is 1.